The lowest BCUT2D eigenvalue weighted by atomic mass is 10.1. The highest BCUT2D eigenvalue weighted by Gasteiger charge is 2.28. The minimum Gasteiger partial charge on any atom is -0.497 e. The summed E-state index contributed by atoms with van der Waals surface area (Å²) in [6, 6.07) is 15.3. The second-order valence-electron chi connectivity index (χ2n) is 8.20. The van der Waals surface area contributed by atoms with Crippen LogP contribution in [0.5, 0.6) is 5.75 Å². The summed E-state index contributed by atoms with van der Waals surface area (Å²) in [6.07, 6.45) is 4.63. The first-order chi connectivity index (χ1) is 14.5. The molecular weight excluding hydrogens is 376 g/mol. The van der Waals surface area contributed by atoms with Gasteiger partial charge in [0.25, 0.3) is 0 Å². The summed E-state index contributed by atoms with van der Waals surface area (Å²) in [7, 11) is 1.63. The molecule has 1 aliphatic rings. The number of nitrogens with one attached hydrogen (secondary N) is 1. The second-order valence-corrected chi connectivity index (χ2v) is 8.20. The van der Waals surface area contributed by atoms with Gasteiger partial charge in [-0.05, 0) is 49.9 Å². The van der Waals surface area contributed by atoms with Crippen molar-refractivity contribution < 1.29 is 14.3 Å². The Bertz CT molecular complexity index is 857. The minimum absolute atomic E-state index is 0.0505. The molecule has 1 saturated carbocycles. The Kier molecular flexibility index (Phi) is 7.50. The van der Waals surface area contributed by atoms with Crippen LogP contribution in [0.3, 0.4) is 0 Å². The van der Waals surface area contributed by atoms with Gasteiger partial charge in [-0.15, -0.1) is 0 Å². The molecule has 2 amide bonds. The molecule has 3 rings (SSSR count). The van der Waals surface area contributed by atoms with Gasteiger partial charge in [0.15, 0.2) is 0 Å². The Morgan fingerprint density at radius 3 is 2.43 bits per heavy atom. The van der Waals surface area contributed by atoms with Gasteiger partial charge in [0.05, 0.1) is 13.5 Å². The third-order valence-electron chi connectivity index (χ3n) is 5.82. The molecule has 0 aliphatic heterocycles. The zero-order valence-corrected chi connectivity index (χ0v) is 18.2. The van der Waals surface area contributed by atoms with E-state index >= 15 is 0 Å². The second kappa shape index (κ2) is 10.3. The van der Waals surface area contributed by atoms with Gasteiger partial charge in [0.1, 0.15) is 11.8 Å². The highest BCUT2D eigenvalue weighted by Crippen LogP contribution is 2.19. The highest BCUT2D eigenvalue weighted by atomic mass is 16.5. The number of hydrogen-bond donors (Lipinski definition) is 1. The van der Waals surface area contributed by atoms with Gasteiger partial charge in [0, 0.05) is 12.6 Å². The maximum atomic E-state index is 13.3. The average Bonchev–Trinajstić information content (AvgIpc) is 3.25. The van der Waals surface area contributed by atoms with Crippen molar-refractivity contribution in [2.24, 2.45) is 0 Å². The molecule has 160 valence electrons. The molecule has 1 fully saturated rings. The molecule has 1 N–H and O–H groups in total. The quantitative estimate of drug-likeness (QED) is 0.718. The van der Waals surface area contributed by atoms with Crippen LogP contribution in [0.2, 0.25) is 0 Å². The molecule has 2 aromatic rings. The van der Waals surface area contributed by atoms with Crippen molar-refractivity contribution in [2.45, 2.75) is 64.6 Å². The van der Waals surface area contributed by atoms with E-state index in [-0.39, 0.29) is 24.3 Å². The van der Waals surface area contributed by atoms with Crippen molar-refractivity contribution in [2.75, 3.05) is 7.11 Å². The van der Waals surface area contributed by atoms with Crippen molar-refractivity contribution in [3.05, 3.63) is 65.2 Å². The molecule has 0 bridgehead atoms. The van der Waals surface area contributed by atoms with Gasteiger partial charge in [-0.3, -0.25) is 9.59 Å². The Morgan fingerprint density at radius 1 is 1.10 bits per heavy atom. The molecule has 0 radical (unpaired) electrons. The SMILES string of the molecule is COc1ccc(CN(C(=O)Cc2cccc(C)c2)C(C)C(=O)NC2CCCC2)cc1. The number of benzene rings is 2. The molecule has 5 heteroatoms. The highest BCUT2D eigenvalue weighted by molar-refractivity contribution is 5.88. The van der Waals surface area contributed by atoms with E-state index in [0.29, 0.717) is 6.54 Å². The van der Waals surface area contributed by atoms with Gasteiger partial charge >= 0.3 is 0 Å². The zero-order valence-electron chi connectivity index (χ0n) is 18.2. The van der Waals surface area contributed by atoms with Crippen LogP contribution in [-0.4, -0.2) is 35.9 Å². The number of hydrogen-bond acceptors (Lipinski definition) is 3. The van der Waals surface area contributed by atoms with Crippen LogP contribution >= 0.6 is 0 Å². The van der Waals surface area contributed by atoms with Crippen molar-refractivity contribution in [1.29, 1.82) is 0 Å². The van der Waals surface area contributed by atoms with Crippen molar-refractivity contribution in [3.63, 3.8) is 0 Å². The fourth-order valence-corrected chi connectivity index (χ4v) is 4.00. The van der Waals surface area contributed by atoms with E-state index in [2.05, 4.69) is 5.32 Å². The third kappa shape index (κ3) is 5.85. The average molecular weight is 409 g/mol. The van der Waals surface area contributed by atoms with E-state index in [0.717, 1.165) is 48.1 Å². The normalized spacial score (nSPS) is 14.9. The molecule has 5 nitrogen and oxygen atoms in total. The van der Waals surface area contributed by atoms with Crippen LogP contribution < -0.4 is 10.1 Å². The summed E-state index contributed by atoms with van der Waals surface area (Å²) in [4.78, 5) is 27.9. The first-order valence-electron chi connectivity index (χ1n) is 10.7. The van der Waals surface area contributed by atoms with E-state index in [1.807, 2.05) is 62.4 Å². The molecule has 1 aliphatic carbocycles. The smallest absolute Gasteiger partial charge is 0.242 e. The maximum Gasteiger partial charge on any atom is 0.242 e. The Balaban J connectivity index is 1.76. The molecular formula is C25H32N2O3. The Hall–Kier alpha value is -2.82. The lowest BCUT2D eigenvalue weighted by Crippen LogP contribution is -2.50. The van der Waals surface area contributed by atoms with E-state index < -0.39 is 6.04 Å². The number of rotatable bonds is 8. The van der Waals surface area contributed by atoms with Crippen LogP contribution in [0.15, 0.2) is 48.5 Å². The van der Waals surface area contributed by atoms with Gasteiger partial charge in [-0.25, -0.2) is 0 Å². The molecule has 2 aromatic carbocycles. The Morgan fingerprint density at radius 2 is 1.80 bits per heavy atom. The lowest BCUT2D eigenvalue weighted by Gasteiger charge is -2.30. The monoisotopic (exact) mass is 408 g/mol. The first-order valence-corrected chi connectivity index (χ1v) is 10.7. The molecule has 0 spiro atoms. The molecule has 0 aromatic heterocycles. The number of ether oxygens (including phenoxy) is 1. The summed E-state index contributed by atoms with van der Waals surface area (Å²) in [6.45, 7) is 4.22. The van der Waals surface area contributed by atoms with Gasteiger partial charge in [-0.1, -0.05) is 54.8 Å². The van der Waals surface area contributed by atoms with Crippen LogP contribution in [0.4, 0.5) is 0 Å². The number of methoxy groups -OCH3 is 1. The van der Waals surface area contributed by atoms with Gasteiger partial charge in [-0.2, -0.15) is 0 Å². The van der Waals surface area contributed by atoms with Crippen molar-refractivity contribution in [1.82, 2.24) is 10.2 Å². The summed E-state index contributed by atoms with van der Waals surface area (Å²) < 4.78 is 5.23. The van der Waals surface area contributed by atoms with E-state index in [9.17, 15) is 9.59 Å². The lowest BCUT2D eigenvalue weighted by molar-refractivity contribution is -0.140. The largest absolute Gasteiger partial charge is 0.497 e. The standard InChI is InChI=1S/C25H32N2O3/c1-18-7-6-8-21(15-18)16-24(28)27(17-20-11-13-23(30-3)14-12-20)19(2)25(29)26-22-9-4-5-10-22/h6-8,11-15,19,22H,4-5,9-10,16-17H2,1-3H3,(H,26,29). The maximum absolute atomic E-state index is 13.3. The number of carbonyl (C=O) groups is 2. The predicted molar refractivity (Wildman–Crippen MR) is 118 cm³/mol. The summed E-state index contributed by atoms with van der Waals surface area (Å²) in [5.74, 6) is 0.641. The topological polar surface area (TPSA) is 58.6 Å². The van der Waals surface area contributed by atoms with E-state index in [1.165, 1.54) is 0 Å². The van der Waals surface area contributed by atoms with Crippen molar-refractivity contribution in [3.8, 4) is 5.75 Å². The van der Waals surface area contributed by atoms with E-state index in [1.54, 1.807) is 12.0 Å². The fraction of sp³-hybridized carbons (Fsp3) is 0.440. The number of amides is 2. The number of nitrogens with zero attached hydrogens (tertiary/aromatic N) is 1. The number of carbonyl (C=O) groups excluding carboxylic acids is 2. The molecule has 30 heavy (non-hydrogen) atoms. The van der Waals surface area contributed by atoms with Crippen LogP contribution in [0.25, 0.3) is 0 Å². The first kappa shape index (κ1) is 21.9. The molecule has 0 heterocycles. The summed E-state index contributed by atoms with van der Waals surface area (Å²) >= 11 is 0. The predicted octanol–water partition coefficient (Wildman–Crippen LogP) is 4.02. The van der Waals surface area contributed by atoms with Crippen LogP contribution in [0, 0.1) is 6.92 Å². The molecule has 1 unspecified atom stereocenters. The summed E-state index contributed by atoms with van der Waals surface area (Å²) in [5.41, 5.74) is 3.05. The van der Waals surface area contributed by atoms with E-state index in [4.69, 9.17) is 4.74 Å². The molecule has 0 saturated heterocycles. The van der Waals surface area contributed by atoms with Gasteiger partial charge < -0.3 is 15.0 Å². The third-order valence-corrected chi connectivity index (χ3v) is 5.82. The Labute approximate surface area is 179 Å². The fourth-order valence-electron chi connectivity index (χ4n) is 4.00. The zero-order chi connectivity index (χ0) is 21.5. The summed E-state index contributed by atoms with van der Waals surface area (Å²) in [5, 5.41) is 3.14. The van der Waals surface area contributed by atoms with Gasteiger partial charge in [0.2, 0.25) is 11.8 Å². The molecule has 1 atom stereocenters. The van der Waals surface area contributed by atoms with Crippen LogP contribution in [0.1, 0.15) is 49.3 Å². The minimum atomic E-state index is -0.537. The number of aryl methyl sites for hydroxylation is 1. The van der Waals surface area contributed by atoms with Crippen molar-refractivity contribution >= 4 is 11.8 Å². The van der Waals surface area contributed by atoms with Crippen LogP contribution in [-0.2, 0) is 22.6 Å².